The summed E-state index contributed by atoms with van der Waals surface area (Å²) in [4.78, 5) is 21.7. The lowest BCUT2D eigenvalue weighted by Crippen LogP contribution is -2.46. The van der Waals surface area contributed by atoms with Crippen LogP contribution in [0.15, 0.2) is 36.7 Å². The van der Waals surface area contributed by atoms with E-state index in [9.17, 15) is 4.79 Å². The molecule has 9 heteroatoms. The molecule has 0 spiro atoms. The first kappa shape index (κ1) is 25.3. The third-order valence-corrected chi connectivity index (χ3v) is 6.48. The van der Waals surface area contributed by atoms with Crippen LogP contribution in [-0.2, 0) is 29.1 Å². The van der Waals surface area contributed by atoms with Crippen LogP contribution in [0.5, 0.6) is 0 Å². The van der Waals surface area contributed by atoms with E-state index in [0.717, 1.165) is 83.1 Å². The Kier molecular flexibility index (Phi) is 9.28. The Morgan fingerprint density at radius 1 is 0.971 bits per heavy atom. The molecular weight excluding hydrogens is 444 g/mol. The van der Waals surface area contributed by atoms with Crippen LogP contribution < -0.4 is 0 Å². The van der Waals surface area contributed by atoms with Gasteiger partial charge in [0.05, 0.1) is 42.6 Å². The van der Waals surface area contributed by atoms with Crippen molar-refractivity contribution in [1.82, 2.24) is 29.1 Å². The molecule has 0 aliphatic carbocycles. The number of para-hydroxylation sites is 2. The number of fused-ring (bicyclic) bond motifs is 1. The smallest absolute Gasteiger partial charge is 0.341 e. The van der Waals surface area contributed by atoms with Crippen molar-refractivity contribution in [3.8, 4) is 0 Å². The highest BCUT2D eigenvalue weighted by molar-refractivity contribution is 5.88. The van der Waals surface area contributed by atoms with E-state index in [0.29, 0.717) is 18.8 Å². The van der Waals surface area contributed by atoms with Crippen molar-refractivity contribution in [3.05, 3.63) is 48.0 Å². The van der Waals surface area contributed by atoms with Crippen LogP contribution in [0.1, 0.15) is 42.9 Å². The summed E-state index contributed by atoms with van der Waals surface area (Å²) in [5.74, 6) is 0.822. The molecule has 0 N–H and O–H groups in total. The first-order valence-electron chi connectivity index (χ1n) is 12.8. The maximum Gasteiger partial charge on any atom is 0.341 e. The van der Waals surface area contributed by atoms with Gasteiger partial charge >= 0.3 is 5.97 Å². The van der Waals surface area contributed by atoms with E-state index in [1.54, 1.807) is 12.4 Å². The normalized spacial score (nSPS) is 15.1. The van der Waals surface area contributed by atoms with E-state index < -0.39 is 0 Å². The molecule has 0 bridgehead atoms. The summed E-state index contributed by atoms with van der Waals surface area (Å²) in [6.45, 7) is 13.5. The van der Waals surface area contributed by atoms with Crippen LogP contribution >= 0.6 is 0 Å². The number of piperazine rings is 1. The average Bonchev–Trinajstić information content (AvgIpc) is 3.48. The Hall–Kier alpha value is -2.75. The summed E-state index contributed by atoms with van der Waals surface area (Å²) >= 11 is 0. The van der Waals surface area contributed by atoms with Crippen LogP contribution in [0.4, 0.5) is 0 Å². The molecule has 9 nitrogen and oxygen atoms in total. The summed E-state index contributed by atoms with van der Waals surface area (Å²) in [7, 11) is 0. The number of benzene rings is 1. The van der Waals surface area contributed by atoms with Crippen LogP contribution in [0, 0.1) is 0 Å². The lowest BCUT2D eigenvalue weighted by Gasteiger charge is -2.34. The van der Waals surface area contributed by atoms with Gasteiger partial charge in [0.15, 0.2) is 0 Å². The quantitative estimate of drug-likeness (QED) is 0.274. The molecule has 0 saturated carbocycles. The Morgan fingerprint density at radius 2 is 1.74 bits per heavy atom. The molecule has 1 aromatic carbocycles. The standard InChI is InChI=1S/C26H38N6O3/c1-3-34-18-17-32-24-10-6-5-9-23(24)28-25(32)21-30-15-13-29(14-16-30)11-7-8-12-31-20-22(19-27-31)26(33)35-4-2/h5-6,9-10,19-20H,3-4,7-8,11-18,21H2,1-2H3. The van der Waals surface area contributed by atoms with Gasteiger partial charge in [0, 0.05) is 52.1 Å². The zero-order valence-electron chi connectivity index (χ0n) is 21.1. The number of ether oxygens (including phenoxy) is 2. The Morgan fingerprint density at radius 3 is 2.54 bits per heavy atom. The Balaban J connectivity index is 1.20. The fourth-order valence-corrected chi connectivity index (χ4v) is 4.58. The summed E-state index contributed by atoms with van der Waals surface area (Å²) in [5, 5.41) is 4.28. The number of imidazole rings is 1. The third kappa shape index (κ3) is 6.90. The van der Waals surface area contributed by atoms with Crippen molar-refractivity contribution in [2.24, 2.45) is 0 Å². The number of aryl methyl sites for hydroxylation is 1. The zero-order valence-corrected chi connectivity index (χ0v) is 21.1. The average molecular weight is 483 g/mol. The third-order valence-electron chi connectivity index (χ3n) is 6.48. The summed E-state index contributed by atoms with van der Waals surface area (Å²) in [6.07, 6.45) is 5.51. The van der Waals surface area contributed by atoms with Crippen LogP contribution in [-0.4, -0.2) is 87.6 Å². The zero-order chi connectivity index (χ0) is 24.5. The van der Waals surface area contributed by atoms with E-state index >= 15 is 0 Å². The van der Waals surface area contributed by atoms with E-state index in [2.05, 4.69) is 43.7 Å². The number of rotatable bonds is 13. The Labute approximate surface area is 207 Å². The largest absolute Gasteiger partial charge is 0.462 e. The van der Waals surface area contributed by atoms with E-state index in [1.165, 1.54) is 5.52 Å². The van der Waals surface area contributed by atoms with Crippen molar-refractivity contribution in [1.29, 1.82) is 0 Å². The Bertz CT molecular complexity index is 1070. The van der Waals surface area contributed by atoms with Crippen LogP contribution in [0.3, 0.4) is 0 Å². The molecule has 1 aliphatic rings. The second-order valence-electron chi connectivity index (χ2n) is 8.90. The minimum atomic E-state index is -0.304. The second kappa shape index (κ2) is 12.8. The van der Waals surface area contributed by atoms with E-state index in [4.69, 9.17) is 14.5 Å². The number of carbonyl (C=O) groups is 1. The summed E-state index contributed by atoms with van der Waals surface area (Å²) in [5.41, 5.74) is 2.77. The molecule has 35 heavy (non-hydrogen) atoms. The van der Waals surface area contributed by atoms with Crippen molar-refractivity contribution in [3.63, 3.8) is 0 Å². The fourth-order valence-electron chi connectivity index (χ4n) is 4.58. The van der Waals surface area contributed by atoms with Gasteiger partial charge in [-0.25, -0.2) is 9.78 Å². The highest BCUT2D eigenvalue weighted by Gasteiger charge is 2.20. The predicted octanol–water partition coefficient (Wildman–Crippen LogP) is 3.04. The number of aromatic nitrogens is 4. The SMILES string of the molecule is CCOCCn1c(CN2CCN(CCCCn3cc(C(=O)OCC)cn3)CC2)nc2ccccc21. The lowest BCUT2D eigenvalue weighted by atomic mass is 10.2. The topological polar surface area (TPSA) is 77.7 Å². The molecule has 190 valence electrons. The predicted molar refractivity (Wildman–Crippen MR) is 135 cm³/mol. The van der Waals surface area contributed by atoms with Crippen LogP contribution in [0.2, 0.25) is 0 Å². The van der Waals surface area contributed by atoms with Crippen molar-refractivity contribution in [2.45, 2.75) is 46.3 Å². The van der Waals surface area contributed by atoms with Gasteiger partial charge in [-0.1, -0.05) is 12.1 Å². The van der Waals surface area contributed by atoms with Crippen molar-refractivity contribution < 1.29 is 14.3 Å². The van der Waals surface area contributed by atoms with Gasteiger partial charge in [-0.05, 0) is 45.4 Å². The molecule has 3 heterocycles. The van der Waals surface area contributed by atoms with Crippen molar-refractivity contribution in [2.75, 3.05) is 52.5 Å². The lowest BCUT2D eigenvalue weighted by molar-refractivity contribution is 0.0526. The monoisotopic (exact) mass is 482 g/mol. The maximum absolute atomic E-state index is 11.8. The van der Waals surface area contributed by atoms with Gasteiger partial charge in [-0.2, -0.15) is 5.10 Å². The molecule has 0 unspecified atom stereocenters. The first-order valence-corrected chi connectivity index (χ1v) is 12.8. The fraction of sp³-hybridized carbons (Fsp3) is 0.577. The number of hydrogen-bond acceptors (Lipinski definition) is 7. The van der Waals surface area contributed by atoms with Gasteiger partial charge in [0.2, 0.25) is 0 Å². The maximum atomic E-state index is 11.8. The molecule has 4 rings (SSSR count). The number of unbranched alkanes of at least 4 members (excludes halogenated alkanes) is 1. The van der Waals surface area contributed by atoms with Crippen molar-refractivity contribution >= 4 is 17.0 Å². The number of esters is 1. The second-order valence-corrected chi connectivity index (χ2v) is 8.90. The van der Waals surface area contributed by atoms with Gasteiger partial charge in [-0.3, -0.25) is 9.58 Å². The molecule has 0 atom stereocenters. The molecule has 1 saturated heterocycles. The van der Waals surface area contributed by atoms with E-state index in [-0.39, 0.29) is 5.97 Å². The number of carbonyl (C=O) groups excluding carboxylic acids is 1. The number of nitrogens with zero attached hydrogens (tertiary/aromatic N) is 6. The van der Waals surface area contributed by atoms with Gasteiger partial charge < -0.3 is 18.9 Å². The van der Waals surface area contributed by atoms with Gasteiger partial charge in [0.1, 0.15) is 5.82 Å². The highest BCUT2D eigenvalue weighted by Crippen LogP contribution is 2.18. The van der Waals surface area contributed by atoms with Gasteiger partial charge in [0.25, 0.3) is 0 Å². The molecule has 3 aromatic rings. The first-order chi connectivity index (χ1) is 17.2. The molecule has 0 radical (unpaired) electrons. The van der Waals surface area contributed by atoms with Gasteiger partial charge in [-0.15, -0.1) is 0 Å². The summed E-state index contributed by atoms with van der Waals surface area (Å²) < 4.78 is 14.8. The summed E-state index contributed by atoms with van der Waals surface area (Å²) in [6, 6.07) is 8.37. The minimum Gasteiger partial charge on any atom is -0.462 e. The van der Waals surface area contributed by atoms with Crippen LogP contribution in [0.25, 0.3) is 11.0 Å². The molecule has 0 amide bonds. The number of hydrogen-bond donors (Lipinski definition) is 0. The minimum absolute atomic E-state index is 0.304. The molecule has 1 fully saturated rings. The highest BCUT2D eigenvalue weighted by atomic mass is 16.5. The van der Waals surface area contributed by atoms with E-state index in [1.807, 2.05) is 18.5 Å². The molecular formula is C26H38N6O3. The molecule has 1 aliphatic heterocycles. The molecule has 2 aromatic heterocycles.